The van der Waals surface area contributed by atoms with Gasteiger partial charge < -0.3 is 5.11 Å². The predicted molar refractivity (Wildman–Crippen MR) is 113 cm³/mol. The van der Waals surface area contributed by atoms with Gasteiger partial charge in [0.25, 0.3) is 10.1 Å². The predicted octanol–water partition coefficient (Wildman–Crippen LogP) is 5.80. The summed E-state index contributed by atoms with van der Waals surface area (Å²) >= 11 is 0. The van der Waals surface area contributed by atoms with Gasteiger partial charge in [-0.05, 0) is 60.4 Å². The lowest BCUT2D eigenvalue weighted by Crippen LogP contribution is -2.03. The standard InChI is InChI=1S/C21H20N4O4S/c1-22-23-17-10-11-18(16-9-5-4-8-15(16)17)24-25-20-19(30(27,28)29)12-13-6-2-3-7-14(13)21(20)26/h2-3,6-7,10-12,26H,4-5,8-9H2,1H3,(H,27,28,29). The van der Waals surface area contributed by atoms with Crippen LogP contribution in [0.5, 0.6) is 5.75 Å². The second-order valence-corrected chi connectivity index (χ2v) is 8.43. The molecule has 9 heteroatoms. The maximum atomic E-state index is 11.9. The van der Waals surface area contributed by atoms with Crippen LogP contribution in [0.4, 0.5) is 17.1 Å². The highest BCUT2D eigenvalue weighted by Gasteiger charge is 2.22. The van der Waals surface area contributed by atoms with E-state index in [-0.39, 0.29) is 11.4 Å². The van der Waals surface area contributed by atoms with E-state index < -0.39 is 15.0 Å². The number of hydrogen-bond acceptors (Lipinski definition) is 7. The quantitative estimate of drug-likeness (QED) is 0.405. The van der Waals surface area contributed by atoms with E-state index in [2.05, 4.69) is 20.5 Å². The molecule has 1 aliphatic carbocycles. The van der Waals surface area contributed by atoms with Crippen LogP contribution in [0.25, 0.3) is 10.8 Å². The molecule has 0 heterocycles. The van der Waals surface area contributed by atoms with Crippen LogP contribution in [0, 0.1) is 0 Å². The highest BCUT2D eigenvalue weighted by atomic mass is 32.2. The summed E-state index contributed by atoms with van der Waals surface area (Å²) in [6.07, 6.45) is 3.69. The van der Waals surface area contributed by atoms with E-state index in [1.54, 1.807) is 43.4 Å². The van der Waals surface area contributed by atoms with Gasteiger partial charge in [-0.15, -0.1) is 5.11 Å². The van der Waals surface area contributed by atoms with E-state index in [1.807, 2.05) is 0 Å². The van der Waals surface area contributed by atoms with E-state index in [9.17, 15) is 18.1 Å². The molecule has 0 aromatic heterocycles. The molecule has 0 bridgehead atoms. The molecule has 3 aromatic rings. The van der Waals surface area contributed by atoms with Gasteiger partial charge in [0.2, 0.25) is 0 Å². The van der Waals surface area contributed by atoms with Crippen LogP contribution < -0.4 is 0 Å². The van der Waals surface area contributed by atoms with Gasteiger partial charge in [0, 0.05) is 12.4 Å². The Kier molecular flexibility index (Phi) is 5.31. The molecule has 4 rings (SSSR count). The zero-order valence-electron chi connectivity index (χ0n) is 16.3. The number of phenols is 1. The van der Waals surface area contributed by atoms with Gasteiger partial charge in [0.05, 0.1) is 11.4 Å². The van der Waals surface area contributed by atoms with Gasteiger partial charge in [-0.1, -0.05) is 24.3 Å². The number of hydrogen-bond donors (Lipinski definition) is 2. The normalized spacial score (nSPS) is 14.6. The van der Waals surface area contributed by atoms with Gasteiger partial charge in [-0.25, -0.2) is 0 Å². The van der Waals surface area contributed by atoms with E-state index in [0.29, 0.717) is 16.5 Å². The summed E-state index contributed by atoms with van der Waals surface area (Å²) in [7, 11) is -3.01. The fourth-order valence-electron chi connectivity index (χ4n) is 3.81. The summed E-state index contributed by atoms with van der Waals surface area (Å²) < 4.78 is 33.5. The number of aromatic hydroxyl groups is 1. The number of phenolic OH excluding ortho intramolecular Hbond substituents is 1. The van der Waals surface area contributed by atoms with Crippen LogP contribution in [0.2, 0.25) is 0 Å². The summed E-state index contributed by atoms with van der Waals surface area (Å²) in [6.45, 7) is 0. The maximum Gasteiger partial charge on any atom is 0.296 e. The number of benzene rings is 3. The first kappa shape index (κ1) is 20.1. The zero-order valence-corrected chi connectivity index (χ0v) is 17.1. The molecule has 3 aromatic carbocycles. The molecule has 0 unspecified atom stereocenters. The van der Waals surface area contributed by atoms with E-state index >= 15 is 0 Å². The largest absolute Gasteiger partial charge is 0.505 e. The number of azo groups is 2. The lowest BCUT2D eigenvalue weighted by molar-refractivity contribution is 0.472. The zero-order chi connectivity index (χ0) is 21.3. The second kappa shape index (κ2) is 7.92. The minimum atomic E-state index is -4.62. The summed E-state index contributed by atoms with van der Waals surface area (Å²) in [5, 5.41) is 27.9. The average molecular weight is 424 g/mol. The van der Waals surface area contributed by atoms with Crippen molar-refractivity contribution in [3.8, 4) is 5.75 Å². The molecule has 1 aliphatic rings. The molecular formula is C21H20N4O4S. The first-order valence-electron chi connectivity index (χ1n) is 9.48. The van der Waals surface area contributed by atoms with E-state index in [4.69, 9.17) is 0 Å². The summed E-state index contributed by atoms with van der Waals surface area (Å²) in [4.78, 5) is -0.493. The Labute approximate surface area is 173 Å². The van der Waals surface area contributed by atoms with Crippen molar-refractivity contribution in [2.75, 3.05) is 7.05 Å². The minimum Gasteiger partial charge on any atom is -0.505 e. The Morgan fingerprint density at radius 3 is 2.17 bits per heavy atom. The van der Waals surface area contributed by atoms with Crippen molar-refractivity contribution in [1.82, 2.24) is 0 Å². The molecule has 154 valence electrons. The first-order valence-corrected chi connectivity index (χ1v) is 10.9. The van der Waals surface area contributed by atoms with Crippen LogP contribution >= 0.6 is 0 Å². The first-order chi connectivity index (χ1) is 14.4. The van der Waals surface area contributed by atoms with Gasteiger partial charge in [0.1, 0.15) is 10.6 Å². The number of nitrogens with zero attached hydrogens (tertiary/aromatic N) is 4. The Morgan fingerprint density at radius 2 is 1.53 bits per heavy atom. The Balaban J connectivity index is 1.88. The third-order valence-electron chi connectivity index (χ3n) is 5.19. The van der Waals surface area contributed by atoms with Crippen molar-refractivity contribution in [3.05, 3.63) is 53.6 Å². The molecule has 0 saturated carbocycles. The van der Waals surface area contributed by atoms with Crippen LogP contribution in [0.1, 0.15) is 24.0 Å². The monoisotopic (exact) mass is 424 g/mol. The SMILES string of the molecule is CN=Nc1ccc(N=Nc2c(S(=O)(=O)O)cc3ccccc3c2O)c2c1CCCC2. The van der Waals surface area contributed by atoms with Gasteiger partial charge >= 0.3 is 0 Å². The molecule has 8 nitrogen and oxygen atoms in total. The molecule has 0 atom stereocenters. The molecule has 30 heavy (non-hydrogen) atoms. The molecule has 0 spiro atoms. The van der Waals surface area contributed by atoms with Crippen LogP contribution in [-0.2, 0) is 23.0 Å². The van der Waals surface area contributed by atoms with Crippen LogP contribution in [-0.4, -0.2) is 25.1 Å². The van der Waals surface area contributed by atoms with Gasteiger partial charge in [-0.2, -0.15) is 23.8 Å². The van der Waals surface area contributed by atoms with E-state index in [1.165, 1.54) is 6.07 Å². The van der Waals surface area contributed by atoms with Crippen LogP contribution in [0.15, 0.2) is 67.8 Å². The number of fused-ring (bicyclic) bond motifs is 2. The third kappa shape index (κ3) is 3.69. The highest BCUT2D eigenvalue weighted by molar-refractivity contribution is 7.86. The van der Waals surface area contributed by atoms with Crippen LogP contribution in [0.3, 0.4) is 0 Å². The lowest BCUT2D eigenvalue weighted by atomic mass is 9.89. The molecule has 0 fully saturated rings. The fraction of sp³-hybridized carbons (Fsp3) is 0.238. The van der Waals surface area contributed by atoms with E-state index in [0.717, 1.165) is 42.5 Å². The minimum absolute atomic E-state index is 0.293. The molecule has 2 N–H and O–H groups in total. The summed E-state index contributed by atoms with van der Waals surface area (Å²) in [5.41, 5.74) is 3.12. The van der Waals surface area contributed by atoms with Crippen molar-refractivity contribution in [1.29, 1.82) is 0 Å². The highest BCUT2D eigenvalue weighted by Crippen LogP contribution is 2.42. The molecule has 0 aliphatic heterocycles. The maximum absolute atomic E-state index is 11.9. The molecule has 0 radical (unpaired) electrons. The molecule has 0 amide bonds. The summed E-state index contributed by atoms with van der Waals surface area (Å²) in [6, 6.07) is 11.5. The van der Waals surface area contributed by atoms with Crippen molar-refractivity contribution >= 4 is 38.0 Å². The third-order valence-corrected chi connectivity index (χ3v) is 6.06. The lowest BCUT2D eigenvalue weighted by Gasteiger charge is -2.18. The topological polar surface area (TPSA) is 124 Å². The van der Waals surface area contributed by atoms with Crippen molar-refractivity contribution < 1.29 is 18.1 Å². The fourth-order valence-corrected chi connectivity index (χ4v) is 4.47. The molecular weight excluding hydrogens is 404 g/mol. The van der Waals surface area contributed by atoms with Crippen molar-refractivity contribution in [3.63, 3.8) is 0 Å². The van der Waals surface area contributed by atoms with Gasteiger partial charge in [-0.3, -0.25) is 4.55 Å². The molecule has 0 saturated heterocycles. The van der Waals surface area contributed by atoms with Gasteiger partial charge in [0.15, 0.2) is 5.75 Å². The Bertz CT molecular complexity index is 1300. The number of rotatable bonds is 4. The average Bonchev–Trinajstić information content (AvgIpc) is 2.73. The smallest absolute Gasteiger partial charge is 0.296 e. The van der Waals surface area contributed by atoms with Crippen molar-refractivity contribution in [2.24, 2.45) is 20.5 Å². The Morgan fingerprint density at radius 1 is 0.900 bits per heavy atom. The summed E-state index contributed by atoms with van der Waals surface area (Å²) in [5.74, 6) is -0.352. The second-order valence-electron chi connectivity index (χ2n) is 7.04. The Hall–Kier alpha value is -3.17. The van der Waals surface area contributed by atoms with Crippen molar-refractivity contribution in [2.45, 2.75) is 30.6 Å².